The minimum Gasteiger partial charge on any atom is -0.365 e. The molecule has 7 heteroatoms. The molecule has 0 aliphatic carbocycles. The summed E-state index contributed by atoms with van der Waals surface area (Å²) in [7, 11) is 2.18. The first-order valence-corrected chi connectivity index (χ1v) is 13.0. The highest BCUT2D eigenvalue weighted by atomic mass is 32.1. The van der Waals surface area contributed by atoms with Crippen LogP contribution in [0.2, 0.25) is 0 Å². The number of rotatable bonds is 3. The Morgan fingerprint density at radius 2 is 1.77 bits per heavy atom. The van der Waals surface area contributed by atoms with Crippen molar-refractivity contribution in [2.24, 2.45) is 0 Å². The van der Waals surface area contributed by atoms with Gasteiger partial charge < -0.3 is 24.9 Å². The molecule has 2 aromatic carbocycles. The van der Waals surface area contributed by atoms with Crippen molar-refractivity contribution in [3.05, 3.63) is 59.7 Å². The molecule has 184 valence electrons. The number of nitrogens with zero attached hydrogens (tertiary/aromatic N) is 5. The highest BCUT2D eigenvalue weighted by Gasteiger charge is 2.25. The van der Waals surface area contributed by atoms with E-state index < -0.39 is 0 Å². The second kappa shape index (κ2) is 9.99. The number of fused-ring (bicyclic) bond motifs is 1. The number of thiocarbonyl (C=S) groups is 1. The van der Waals surface area contributed by atoms with Gasteiger partial charge in [-0.1, -0.05) is 12.1 Å². The Labute approximate surface area is 214 Å². The second-order valence-electron chi connectivity index (χ2n) is 10.1. The van der Waals surface area contributed by atoms with Gasteiger partial charge in [0.05, 0.1) is 5.52 Å². The second-order valence-corrected chi connectivity index (χ2v) is 10.5. The normalized spacial score (nSPS) is 19.3. The zero-order valence-corrected chi connectivity index (χ0v) is 22.1. The third-order valence-electron chi connectivity index (χ3n) is 7.33. The van der Waals surface area contributed by atoms with Gasteiger partial charge in [0.25, 0.3) is 0 Å². The molecule has 0 unspecified atom stereocenters. The number of piperazine rings is 2. The van der Waals surface area contributed by atoms with Crippen molar-refractivity contribution in [1.29, 1.82) is 0 Å². The number of anilines is 3. The van der Waals surface area contributed by atoms with Crippen LogP contribution < -0.4 is 15.1 Å². The molecule has 0 spiro atoms. The molecule has 2 aliphatic rings. The number of hydrogen-bond acceptors (Lipinski definition) is 5. The van der Waals surface area contributed by atoms with Gasteiger partial charge in [0, 0.05) is 68.6 Å². The number of nitrogens with one attached hydrogen (secondary N) is 1. The Kier molecular flexibility index (Phi) is 6.80. The molecular formula is C28H36N6S. The molecular weight excluding hydrogens is 452 g/mol. The Morgan fingerprint density at radius 1 is 0.971 bits per heavy atom. The fraction of sp³-hybridized carbons (Fsp3) is 0.429. The van der Waals surface area contributed by atoms with Crippen LogP contribution in [0.25, 0.3) is 10.9 Å². The van der Waals surface area contributed by atoms with E-state index in [0.29, 0.717) is 6.04 Å². The lowest BCUT2D eigenvalue weighted by Crippen LogP contribution is -2.54. The molecule has 6 nitrogen and oxygen atoms in total. The molecule has 1 atom stereocenters. The van der Waals surface area contributed by atoms with E-state index in [4.69, 9.17) is 17.2 Å². The van der Waals surface area contributed by atoms with Crippen LogP contribution in [0.1, 0.15) is 18.1 Å². The summed E-state index contributed by atoms with van der Waals surface area (Å²) in [5, 5.41) is 5.46. The predicted molar refractivity (Wildman–Crippen MR) is 152 cm³/mol. The molecule has 1 aromatic heterocycles. The largest absolute Gasteiger partial charge is 0.365 e. The summed E-state index contributed by atoms with van der Waals surface area (Å²) in [6, 6.07) is 17.8. The molecule has 0 saturated carbocycles. The number of aryl methyl sites for hydroxylation is 2. The summed E-state index contributed by atoms with van der Waals surface area (Å²) in [6.45, 7) is 13.6. The smallest absolute Gasteiger partial charge is 0.173 e. The molecule has 2 aliphatic heterocycles. The number of hydrogen-bond donors (Lipinski definition) is 1. The molecule has 3 aromatic rings. The van der Waals surface area contributed by atoms with Gasteiger partial charge in [-0.25, -0.2) is 4.98 Å². The van der Waals surface area contributed by atoms with Crippen LogP contribution in [0, 0.1) is 13.8 Å². The average molecular weight is 489 g/mol. The van der Waals surface area contributed by atoms with Gasteiger partial charge in [0.1, 0.15) is 5.82 Å². The first kappa shape index (κ1) is 23.8. The molecule has 0 radical (unpaired) electrons. The highest BCUT2D eigenvalue weighted by molar-refractivity contribution is 7.80. The van der Waals surface area contributed by atoms with Crippen molar-refractivity contribution in [2.45, 2.75) is 26.8 Å². The van der Waals surface area contributed by atoms with Crippen molar-refractivity contribution >= 4 is 45.4 Å². The predicted octanol–water partition coefficient (Wildman–Crippen LogP) is 4.51. The quantitative estimate of drug-likeness (QED) is 0.544. The monoisotopic (exact) mass is 488 g/mol. The van der Waals surface area contributed by atoms with Crippen molar-refractivity contribution < 1.29 is 0 Å². The molecule has 2 saturated heterocycles. The number of likely N-dealkylation sites (N-methyl/N-ethyl adjacent to an activating group) is 1. The number of pyridine rings is 1. The third kappa shape index (κ3) is 5.21. The van der Waals surface area contributed by atoms with Gasteiger partial charge in [-0.15, -0.1) is 0 Å². The summed E-state index contributed by atoms with van der Waals surface area (Å²) in [6.07, 6.45) is 0. The molecule has 35 heavy (non-hydrogen) atoms. The third-order valence-corrected chi connectivity index (χ3v) is 7.69. The summed E-state index contributed by atoms with van der Waals surface area (Å²) in [5.74, 6) is 1.08. The topological polar surface area (TPSA) is 37.9 Å². The first-order valence-electron chi connectivity index (χ1n) is 12.6. The lowest BCUT2D eigenvalue weighted by atomic mass is 10.1. The fourth-order valence-corrected chi connectivity index (χ4v) is 5.47. The molecule has 3 heterocycles. The van der Waals surface area contributed by atoms with E-state index in [1.165, 1.54) is 22.2 Å². The Balaban J connectivity index is 1.26. The van der Waals surface area contributed by atoms with Gasteiger partial charge in [0.15, 0.2) is 5.11 Å². The van der Waals surface area contributed by atoms with Crippen molar-refractivity contribution in [3.63, 3.8) is 0 Å². The van der Waals surface area contributed by atoms with Crippen LogP contribution in [0.3, 0.4) is 0 Å². The van der Waals surface area contributed by atoms with Crippen LogP contribution >= 0.6 is 12.2 Å². The minimum absolute atomic E-state index is 0.390. The maximum Gasteiger partial charge on any atom is 0.173 e. The van der Waals surface area contributed by atoms with E-state index in [-0.39, 0.29) is 0 Å². The van der Waals surface area contributed by atoms with Crippen LogP contribution in [-0.4, -0.2) is 78.8 Å². The number of benzene rings is 2. The summed E-state index contributed by atoms with van der Waals surface area (Å²) >= 11 is 5.83. The lowest BCUT2D eigenvalue weighted by molar-refractivity contribution is 0.312. The Hall–Kier alpha value is -2.90. The van der Waals surface area contributed by atoms with Crippen LogP contribution in [0.15, 0.2) is 48.5 Å². The average Bonchev–Trinajstić information content (AvgIpc) is 2.84. The van der Waals surface area contributed by atoms with Gasteiger partial charge in [-0.05, 0) is 87.6 Å². The maximum atomic E-state index is 5.83. The van der Waals surface area contributed by atoms with E-state index >= 15 is 0 Å². The lowest BCUT2D eigenvalue weighted by Gasteiger charge is -2.42. The molecule has 0 amide bonds. The van der Waals surface area contributed by atoms with E-state index in [9.17, 15) is 0 Å². The molecule has 0 bridgehead atoms. The van der Waals surface area contributed by atoms with Gasteiger partial charge in [0.2, 0.25) is 0 Å². The first-order chi connectivity index (χ1) is 16.9. The van der Waals surface area contributed by atoms with Crippen molar-refractivity contribution in [2.75, 3.05) is 68.0 Å². The molecule has 5 rings (SSSR count). The van der Waals surface area contributed by atoms with E-state index in [1.54, 1.807) is 0 Å². The standard InChI is InChI=1S/C28H36N6S/c1-20-6-5-7-24(16-20)34-15-14-33(19-22(34)3)28(35)29-23-8-9-26-25(18-23)21(2)17-27(30-26)32-12-10-31(4)11-13-32/h5-9,16-18,22H,10-15,19H2,1-4H3,(H,29,35)/t22-/m0/s1. The fourth-order valence-electron chi connectivity index (χ4n) is 5.19. The Morgan fingerprint density at radius 3 is 2.51 bits per heavy atom. The van der Waals surface area contributed by atoms with E-state index in [0.717, 1.165) is 67.9 Å². The van der Waals surface area contributed by atoms with Crippen LogP contribution in [-0.2, 0) is 0 Å². The van der Waals surface area contributed by atoms with Gasteiger partial charge in [-0.2, -0.15) is 0 Å². The summed E-state index contributed by atoms with van der Waals surface area (Å²) in [4.78, 5) is 14.5. The van der Waals surface area contributed by atoms with Crippen LogP contribution in [0.4, 0.5) is 17.2 Å². The summed E-state index contributed by atoms with van der Waals surface area (Å²) in [5.41, 5.74) is 5.90. The highest BCUT2D eigenvalue weighted by Crippen LogP contribution is 2.27. The molecule has 2 fully saturated rings. The van der Waals surface area contributed by atoms with E-state index in [1.807, 2.05) is 0 Å². The van der Waals surface area contributed by atoms with Crippen molar-refractivity contribution in [3.8, 4) is 0 Å². The Bertz CT molecular complexity index is 1220. The number of aromatic nitrogens is 1. The molecule has 1 N–H and O–H groups in total. The zero-order chi connectivity index (χ0) is 24.5. The SMILES string of the molecule is Cc1cccc(N2CCN(C(=S)Nc3ccc4nc(N5CCN(C)CC5)cc(C)c4c3)C[C@@H]2C)c1. The van der Waals surface area contributed by atoms with Crippen molar-refractivity contribution in [1.82, 2.24) is 14.8 Å². The van der Waals surface area contributed by atoms with Crippen LogP contribution in [0.5, 0.6) is 0 Å². The van der Waals surface area contributed by atoms with Gasteiger partial charge >= 0.3 is 0 Å². The zero-order valence-electron chi connectivity index (χ0n) is 21.3. The van der Waals surface area contributed by atoms with Gasteiger partial charge in [-0.3, -0.25) is 0 Å². The minimum atomic E-state index is 0.390. The van der Waals surface area contributed by atoms with E-state index in [2.05, 4.69) is 101 Å². The summed E-state index contributed by atoms with van der Waals surface area (Å²) < 4.78 is 0. The maximum absolute atomic E-state index is 5.83.